The first kappa shape index (κ1) is 14.0. The highest BCUT2D eigenvalue weighted by atomic mass is 32.1. The van der Waals surface area contributed by atoms with Gasteiger partial charge in [0.25, 0.3) is 0 Å². The predicted molar refractivity (Wildman–Crippen MR) is 80.7 cm³/mol. The Labute approximate surface area is 124 Å². The zero-order valence-corrected chi connectivity index (χ0v) is 13.1. The van der Waals surface area contributed by atoms with Crippen molar-refractivity contribution in [3.05, 3.63) is 16.1 Å². The van der Waals surface area contributed by atoms with Crippen LogP contribution in [0.1, 0.15) is 43.3 Å². The summed E-state index contributed by atoms with van der Waals surface area (Å²) in [5.41, 5.74) is 0.864. The van der Waals surface area contributed by atoms with Crippen LogP contribution < -0.4 is 10.6 Å². The third-order valence-corrected chi connectivity index (χ3v) is 5.95. The van der Waals surface area contributed by atoms with Crippen LogP contribution in [0, 0.1) is 18.8 Å². The van der Waals surface area contributed by atoms with E-state index >= 15 is 0 Å². The Hall–Kier alpha value is -0.940. The number of nitrogens with zero attached hydrogens (tertiary/aromatic N) is 1. The van der Waals surface area contributed by atoms with Gasteiger partial charge in [-0.05, 0) is 38.8 Å². The third kappa shape index (κ3) is 2.49. The molecule has 1 aliphatic carbocycles. The molecule has 1 aromatic heterocycles. The minimum absolute atomic E-state index is 0.0924. The predicted octanol–water partition coefficient (Wildman–Crippen LogP) is 2.19. The molecule has 2 fully saturated rings. The van der Waals surface area contributed by atoms with Gasteiger partial charge in [-0.15, -0.1) is 11.3 Å². The lowest BCUT2D eigenvalue weighted by Gasteiger charge is -2.35. The molecule has 0 radical (unpaired) electrons. The van der Waals surface area contributed by atoms with E-state index in [4.69, 9.17) is 0 Å². The van der Waals surface area contributed by atoms with Crippen LogP contribution in [0.5, 0.6) is 0 Å². The summed E-state index contributed by atoms with van der Waals surface area (Å²) in [6, 6.07) is 0. The average Bonchev–Trinajstić information content (AvgIpc) is 2.96. The van der Waals surface area contributed by atoms with Crippen LogP contribution in [0.3, 0.4) is 0 Å². The fraction of sp³-hybridized carbons (Fsp3) is 0.733. The van der Waals surface area contributed by atoms with Crippen molar-refractivity contribution in [2.24, 2.45) is 11.8 Å². The van der Waals surface area contributed by atoms with Gasteiger partial charge in [0.2, 0.25) is 5.91 Å². The standard InChI is InChI=1S/C15H23N3OS/c1-10-9-20-14(17-10)15(5-3-4-6-15)18-13(19)11(2)12-7-16-8-12/h9,11-12,16H,3-8H2,1-2H3,(H,18,19). The smallest absolute Gasteiger partial charge is 0.223 e. The van der Waals surface area contributed by atoms with Crippen molar-refractivity contribution >= 4 is 17.2 Å². The molecule has 20 heavy (non-hydrogen) atoms. The quantitative estimate of drug-likeness (QED) is 0.895. The summed E-state index contributed by atoms with van der Waals surface area (Å²) in [4.78, 5) is 17.2. The van der Waals surface area contributed by atoms with Gasteiger partial charge in [-0.3, -0.25) is 4.79 Å². The average molecular weight is 293 g/mol. The molecular weight excluding hydrogens is 270 g/mol. The summed E-state index contributed by atoms with van der Waals surface area (Å²) in [6.45, 7) is 6.01. The van der Waals surface area contributed by atoms with Crippen molar-refractivity contribution in [2.45, 2.75) is 45.1 Å². The third-order valence-electron chi connectivity index (χ3n) is 4.78. The largest absolute Gasteiger partial charge is 0.344 e. The summed E-state index contributed by atoms with van der Waals surface area (Å²) in [5, 5.41) is 9.78. The van der Waals surface area contributed by atoms with E-state index in [1.807, 2.05) is 6.92 Å². The lowest BCUT2D eigenvalue weighted by molar-refractivity contribution is -0.128. The van der Waals surface area contributed by atoms with Gasteiger partial charge < -0.3 is 10.6 Å². The first-order valence-corrected chi connectivity index (χ1v) is 8.44. The van der Waals surface area contributed by atoms with Gasteiger partial charge >= 0.3 is 0 Å². The molecule has 1 amide bonds. The van der Waals surface area contributed by atoms with E-state index in [-0.39, 0.29) is 17.4 Å². The number of hydrogen-bond donors (Lipinski definition) is 2. The van der Waals surface area contributed by atoms with E-state index in [0.717, 1.165) is 36.6 Å². The minimum Gasteiger partial charge on any atom is -0.344 e. The molecular formula is C15H23N3OS. The summed E-state index contributed by atoms with van der Waals surface area (Å²) >= 11 is 1.69. The van der Waals surface area contributed by atoms with Gasteiger partial charge in [0.15, 0.2) is 0 Å². The zero-order chi connectivity index (χ0) is 14.2. The van der Waals surface area contributed by atoms with Crippen molar-refractivity contribution < 1.29 is 4.79 Å². The maximum Gasteiger partial charge on any atom is 0.223 e. The van der Waals surface area contributed by atoms with E-state index in [2.05, 4.69) is 27.9 Å². The number of amides is 1. The van der Waals surface area contributed by atoms with Crippen LogP contribution in [-0.2, 0) is 10.3 Å². The minimum atomic E-state index is -0.193. The topological polar surface area (TPSA) is 54.0 Å². The van der Waals surface area contributed by atoms with E-state index in [0.29, 0.717) is 5.92 Å². The number of carbonyl (C=O) groups is 1. The summed E-state index contributed by atoms with van der Waals surface area (Å²) in [7, 11) is 0. The first-order chi connectivity index (χ1) is 9.61. The van der Waals surface area contributed by atoms with E-state index < -0.39 is 0 Å². The number of aryl methyl sites for hydroxylation is 1. The number of thiazole rings is 1. The molecule has 2 N–H and O–H groups in total. The Morgan fingerprint density at radius 3 is 2.70 bits per heavy atom. The maximum absolute atomic E-state index is 12.6. The number of hydrogen-bond acceptors (Lipinski definition) is 4. The Balaban J connectivity index is 1.75. The zero-order valence-electron chi connectivity index (χ0n) is 12.2. The second kappa shape index (κ2) is 5.45. The highest BCUT2D eigenvalue weighted by molar-refractivity contribution is 7.09. The summed E-state index contributed by atoms with van der Waals surface area (Å²) in [6.07, 6.45) is 4.42. The summed E-state index contributed by atoms with van der Waals surface area (Å²) in [5.74, 6) is 0.785. The summed E-state index contributed by atoms with van der Waals surface area (Å²) < 4.78 is 0. The van der Waals surface area contributed by atoms with Gasteiger partial charge in [0.1, 0.15) is 5.01 Å². The molecule has 1 saturated heterocycles. The molecule has 1 atom stereocenters. The SMILES string of the molecule is Cc1csc(C2(NC(=O)C(C)C3CNC3)CCCC2)n1. The fourth-order valence-corrected chi connectivity index (χ4v) is 4.19. The molecule has 3 rings (SSSR count). The Bertz CT molecular complexity index is 489. The molecule has 1 aromatic rings. The number of aromatic nitrogens is 1. The van der Waals surface area contributed by atoms with Crippen LogP contribution in [0.15, 0.2) is 5.38 Å². The molecule has 1 unspecified atom stereocenters. The van der Waals surface area contributed by atoms with Crippen molar-refractivity contribution in [3.63, 3.8) is 0 Å². The van der Waals surface area contributed by atoms with E-state index in [1.165, 1.54) is 12.8 Å². The normalized spacial score (nSPS) is 23.3. The number of rotatable bonds is 4. The molecule has 1 aliphatic heterocycles. The number of nitrogens with one attached hydrogen (secondary N) is 2. The monoisotopic (exact) mass is 293 g/mol. The van der Waals surface area contributed by atoms with Crippen LogP contribution in [0.25, 0.3) is 0 Å². The highest BCUT2D eigenvalue weighted by Crippen LogP contribution is 2.40. The molecule has 110 valence electrons. The van der Waals surface area contributed by atoms with Gasteiger partial charge in [0.05, 0.1) is 5.54 Å². The van der Waals surface area contributed by atoms with Gasteiger partial charge in [0, 0.05) is 17.0 Å². The highest BCUT2D eigenvalue weighted by Gasteiger charge is 2.41. The van der Waals surface area contributed by atoms with Crippen LogP contribution >= 0.6 is 11.3 Å². The Kier molecular flexibility index (Phi) is 3.82. The molecule has 0 spiro atoms. The molecule has 0 bridgehead atoms. The van der Waals surface area contributed by atoms with Crippen molar-refractivity contribution in [1.82, 2.24) is 15.6 Å². The first-order valence-electron chi connectivity index (χ1n) is 7.56. The molecule has 5 heteroatoms. The second-order valence-corrected chi connectivity index (χ2v) is 7.14. The second-order valence-electron chi connectivity index (χ2n) is 6.28. The van der Waals surface area contributed by atoms with Crippen LogP contribution in [0.2, 0.25) is 0 Å². The molecule has 1 saturated carbocycles. The van der Waals surface area contributed by atoms with E-state index in [9.17, 15) is 4.79 Å². The van der Waals surface area contributed by atoms with Gasteiger partial charge in [-0.1, -0.05) is 19.8 Å². The van der Waals surface area contributed by atoms with Crippen LogP contribution in [0.4, 0.5) is 0 Å². The molecule has 2 aliphatic rings. The molecule has 4 nitrogen and oxygen atoms in total. The van der Waals surface area contributed by atoms with Crippen molar-refractivity contribution in [2.75, 3.05) is 13.1 Å². The lowest BCUT2D eigenvalue weighted by atomic mass is 9.87. The number of carbonyl (C=O) groups excluding carboxylic acids is 1. The van der Waals surface area contributed by atoms with Gasteiger partial charge in [-0.25, -0.2) is 4.98 Å². The maximum atomic E-state index is 12.6. The van der Waals surface area contributed by atoms with Gasteiger partial charge in [-0.2, -0.15) is 0 Å². The fourth-order valence-electron chi connectivity index (χ4n) is 3.17. The van der Waals surface area contributed by atoms with E-state index in [1.54, 1.807) is 11.3 Å². The van der Waals surface area contributed by atoms with Crippen molar-refractivity contribution in [3.8, 4) is 0 Å². The van der Waals surface area contributed by atoms with Crippen LogP contribution in [-0.4, -0.2) is 24.0 Å². The molecule has 0 aromatic carbocycles. The Morgan fingerprint density at radius 1 is 1.50 bits per heavy atom. The van der Waals surface area contributed by atoms with Crippen molar-refractivity contribution in [1.29, 1.82) is 0 Å². The Morgan fingerprint density at radius 2 is 2.20 bits per heavy atom. The molecule has 2 heterocycles. The lowest BCUT2D eigenvalue weighted by Crippen LogP contribution is -2.53.